The van der Waals surface area contributed by atoms with E-state index in [0.717, 1.165) is 12.2 Å². The van der Waals surface area contributed by atoms with E-state index < -0.39 is 0 Å². The molecule has 0 fully saturated rings. The maximum absolute atomic E-state index is 5.12. The van der Waals surface area contributed by atoms with Crippen LogP contribution in [0.5, 0.6) is 0 Å². The van der Waals surface area contributed by atoms with Crippen LogP contribution in [0.25, 0.3) is 0 Å². The zero-order valence-corrected chi connectivity index (χ0v) is 11.1. The minimum Gasteiger partial charge on any atom is -0.380 e. The Balaban J connectivity index is 2.53. The summed E-state index contributed by atoms with van der Waals surface area (Å²) in [5.74, 6) is 0. The highest BCUT2D eigenvalue weighted by molar-refractivity contribution is 5.45. The fraction of sp³-hybridized carbons (Fsp3) is 0.538. The minimum absolute atomic E-state index is 0.215. The van der Waals surface area contributed by atoms with E-state index in [-0.39, 0.29) is 6.29 Å². The summed E-state index contributed by atoms with van der Waals surface area (Å²) < 4.78 is 10.2. The lowest BCUT2D eigenvalue weighted by molar-refractivity contribution is -0.0914. The molecule has 1 rings (SSSR count). The van der Waals surface area contributed by atoms with Crippen LogP contribution < -0.4 is 5.32 Å². The highest BCUT2D eigenvalue weighted by Crippen LogP contribution is 2.12. The molecule has 1 aromatic rings. The van der Waals surface area contributed by atoms with Crippen molar-refractivity contribution in [2.75, 3.05) is 40.2 Å². The lowest BCUT2D eigenvalue weighted by atomic mass is 10.2. The number of benzene rings is 1. The van der Waals surface area contributed by atoms with E-state index in [1.165, 1.54) is 5.56 Å². The fourth-order valence-electron chi connectivity index (χ4n) is 1.61. The normalized spacial score (nSPS) is 11.2. The van der Waals surface area contributed by atoms with Crippen molar-refractivity contribution in [2.45, 2.75) is 12.8 Å². The summed E-state index contributed by atoms with van der Waals surface area (Å²) in [5.41, 5.74) is 2.37. The van der Waals surface area contributed by atoms with Crippen molar-refractivity contribution in [2.24, 2.45) is 0 Å². The van der Waals surface area contributed by atoms with Gasteiger partial charge in [0.1, 0.15) is 0 Å². The van der Waals surface area contributed by atoms with Crippen molar-refractivity contribution in [3.8, 4) is 0 Å². The molecule has 0 saturated carbocycles. The van der Waals surface area contributed by atoms with E-state index in [0.29, 0.717) is 6.54 Å². The number of ether oxygens (including phenoxy) is 2. The van der Waals surface area contributed by atoms with Crippen LogP contribution in [0.15, 0.2) is 24.3 Å². The maximum atomic E-state index is 5.12. The molecule has 0 bridgehead atoms. The zero-order valence-electron chi connectivity index (χ0n) is 11.1. The van der Waals surface area contributed by atoms with Gasteiger partial charge in [0, 0.05) is 26.5 Å². The molecule has 0 unspecified atom stereocenters. The first-order valence-corrected chi connectivity index (χ1v) is 5.69. The Hall–Kier alpha value is -1.10. The van der Waals surface area contributed by atoms with Crippen molar-refractivity contribution >= 4 is 5.69 Å². The summed E-state index contributed by atoms with van der Waals surface area (Å²) in [6, 6.07) is 8.36. The summed E-state index contributed by atoms with van der Waals surface area (Å²) in [5, 5.41) is 3.29. The molecule has 0 amide bonds. The van der Waals surface area contributed by atoms with Crippen LogP contribution >= 0.6 is 0 Å². The van der Waals surface area contributed by atoms with Crippen LogP contribution in [-0.2, 0) is 16.0 Å². The highest BCUT2D eigenvalue weighted by Gasteiger charge is 2.04. The number of nitrogens with zero attached hydrogens (tertiary/aromatic N) is 1. The van der Waals surface area contributed by atoms with Gasteiger partial charge in [-0.05, 0) is 31.8 Å². The molecule has 4 heteroatoms. The Labute approximate surface area is 104 Å². The molecule has 0 aliphatic heterocycles. The van der Waals surface area contributed by atoms with Crippen LogP contribution in [0.4, 0.5) is 5.69 Å². The van der Waals surface area contributed by atoms with Crippen LogP contribution in [0, 0.1) is 0 Å². The molecule has 1 N–H and O–H groups in total. The number of nitrogens with one attached hydrogen (secondary N) is 1. The van der Waals surface area contributed by atoms with Crippen LogP contribution in [0.1, 0.15) is 5.56 Å². The standard InChI is InChI=1S/C13H22N2O2/c1-15(2)10-11-6-5-7-12(8-11)14-9-13(16-3)17-4/h5-8,13-14H,9-10H2,1-4H3. The van der Waals surface area contributed by atoms with E-state index in [1.54, 1.807) is 14.2 Å². The fourth-order valence-corrected chi connectivity index (χ4v) is 1.61. The molecule has 0 spiro atoms. The van der Waals surface area contributed by atoms with Gasteiger partial charge in [0.25, 0.3) is 0 Å². The minimum atomic E-state index is -0.215. The Kier molecular flexibility index (Phi) is 5.97. The third kappa shape index (κ3) is 5.17. The Morgan fingerprint density at radius 1 is 1.24 bits per heavy atom. The molecule has 4 nitrogen and oxygen atoms in total. The van der Waals surface area contributed by atoms with Gasteiger partial charge < -0.3 is 19.7 Å². The smallest absolute Gasteiger partial charge is 0.173 e. The van der Waals surface area contributed by atoms with Crippen LogP contribution in [0.2, 0.25) is 0 Å². The van der Waals surface area contributed by atoms with Gasteiger partial charge in [0.2, 0.25) is 0 Å². The lowest BCUT2D eigenvalue weighted by Gasteiger charge is -2.16. The molecule has 0 aliphatic rings. The second-order valence-electron chi connectivity index (χ2n) is 4.22. The molecule has 0 aliphatic carbocycles. The third-order valence-electron chi connectivity index (χ3n) is 2.42. The molecule has 17 heavy (non-hydrogen) atoms. The largest absolute Gasteiger partial charge is 0.380 e. The number of rotatable bonds is 7. The average Bonchev–Trinajstić information content (AvgIpc) is 2.30. The van der Waals surface area contributed by atoms with Gasteiger partial charge in [-0.2, -0.15) is 0 Å². The summed E-state index contributed by atoms with van der Waals surface area (Å²) in [6.45, 7) is 1.58. The van der Waals surface area contributed by atoms with Gasteiger partial charge in [-0.3, -0.25) is 0 Å². The number of anilines is 1. The molecule has 0 radical (unpaired) electrons. The Morgan fingerprint density at radius 3 is 2.53 bits per heavy atom. The van der Waals surface area contributed by atoms with E-state index in [1.807, 2.05) is 6.07 Å². The van der Waals surface area contributed by atoms with Gasteiger partial charge in [-0.15, -0.1) is 0 Å². The molecule has 0 atom stereocenters. The molecular weight excluding hydrogens is 216 g/mol. The van der Waals surface area contributed by atoms with E-state index in [9.17, 15) is 0 Å². The van der Waals surface area contributed by atoms with E-state index in [2.05, 4.69) is 42.5 Å². The van der Waals surface area contributed by atoms with Crippen molar-refractivity contribution in [3.05, 3.63) is 29.8 Å². The van der Waals surface area contributed by atoms with Crippen molar-refractivity contribution in [1.29, 1.82) is 0 Å². The Morgan fingerprint density at radius 2 is 1.94 bits per heavy atom. The van der Waals surface area contributed by atoms with Crippen molar-refractivity contribution in [1.82, 2.24) is 4.90 Å². The van der Waals surface area contributed by atoms with Gasteiger partial charge in [-0.25, -0.2) is 0 Å². The van der Waals surface area contributed by atoms with Crippen molar-refractivity contribution in [3.63, 3.8) is 0 Å². The molecule has 96 valence electrons. The van der Waals surface area contributed by atoms with Crippen molar-refractivity contribution < 1.29 is 9.47 Å². The average molecular weight is 238 g/mol. The number of methoxy groups -OCH3 is 2. The monoisotopic (exact) mass is 238 g/mol. The summed E-state index contributed by atoms with van der Waals surface area (Å²) in [6.07, 6.45) is -0.215. The van der Waals surface area contributed by atoms with E-state index >= 15 is 0 Å². The molecule has 0 saturated heterocycles. The number of hydrogen-bond donors (Lipinski definition) is 1. The summed E-state index contributed by atoms with van der Waals surface area (Å²) in [4.78, 5) is 2.15. The van der Waals surface area contributed by atoms with Gasteiger partial charge in [-0.1, -0.05) is 12.1 Å². The second-order valence-corrected chi connectivity index (χ2v) is 4.22. The predicted octanol–water partition coefficient (Wildman–Crippen LogP) is 1.78. The van der Waals surface area contributed by atoms with Gasteiger partial charge in [0.05, 0.1) is 6.54 Å². The first-order chi connectivity index (χ1) is 8.15. The SMILES string of the molecule is COC(CNc1cccc(CN(C)C)c1)OC. The van der Waals surface area contributed by atoms with Gasteiger partial charge >= 0.3 is 0 Å². The quantitative estimate of drug-likeness (QED) is 0.734. The molecule has 1 aromatic carbocycles. The molecule has 0 aromatic heterocycles. The number of hydrogen-bond acceptors (Lipinski definition) is 4. The van der Waals surface area contributed by atoms with E-state index in [4.69, 9.17) is 9.47 Å². The summed E-state index contributed by atoms with van der Waals surface area (Å²) in [7, 11) is 7.40. The second kappa shape index (κ2) is 7.27. The maximum Gasteiger partial charge on any atom is 0.173 e. The van der Waals surface area contributed by atoms with Gasteiger partial charge in [0.15, 0.2) is 6.29 Å². The third-order valence-corrected chi connectivity index (χ3v) is 2.42. The Bertz CT molecular complexity index is 325. The molecule has 0 heterocycles. The zero-order chi connectivity index (χ0) is 12.7. The predicted molar refractivity (Wildman–Crippen MR) is 70.1 cm³/mol. The summed E-state index contributed by atoms with van der Waals surface area (Å²) >= 11 is 0. The highest BCUT2D eigenvalue weighted by atomic mass is 16.7. The lowest BCUT2D eigenvalue weighted by Crippen LogP contribution is -2.23. The first kappa shape index (κ1) is 14.0. The van der Waals surface area contributed by atoms with Crippen LogP contribution in [-0.4, -0.2) is 46.0 Å². The molecular formula is C13H22N2O2. The van der Waals surface area contributed by atoms with Crippen LogP contribution in [0.3, 0.4) is 0 Å². The first-order valence-electron chi connectivity index (χ1n) is 5.69. The topological polar surface area (TPSA) is 33.7 Å².